The molecule has 7 heteroatoms. The third-order valence-electron chi connectivity index (χ3n) is 4.26. The number of H-pyrrole nitrogens is 1. The second-order valence-electron chi connectivity index (χ2n) is 5.93. The minimum absolute atomic E-state index is 0.171. The zero-order valence-corrected chi connectivity index (χ0v) is 14.4. The summed E-state index contributed by atoms with van der Waals surface area (Å²) in [4.78, 5) is 31.9. The summed E-state index contributed by atoms with van der Waals surface area (Å²) in [5.74, 6) is -0.490. The lowest BCUT2D eigenvalue weighted by molar-refractivity contribution is -0.111. The minimum Gasteiger partial charge on any atom is -0.350 e. The highest BCUT2D eigenvalue weighted by molar-refractivity contribution is 6.32. The summed E-state index contributed by atoms with van der Waals surface area (Å²) in [5.41, 5.74) is 3.33. The number of rotatable bonds is 2. The third kappa shape index (κ3) is 2.95. The van der Waals surface area contributed by atoms with Crippen LogP contribution in [0.15, 0.2) is 48.7 Å². The molecule has 0 radical (unpaired) electrons. The van der Waals surface area contributed by atoms with Gasteiger partial charge in [0.2, 0.25) is 5.91 Å². The first-order valence-corrected chi connectivity index (χ1v) is 8.52. The summed E-state index contributed by atoms with van der Waals surface area (Å²) in [6, 6.07) is 11.0. The number of anilines is 1. The van der Waals surface area contributed by atoms with Gasteiger partial charge in [-0.25, -0.2) is 4.98 Å². The van der Waals surface area contributed by atoms with Crippen LogP contribution in [0.4, 0.5) is 5.69 Å². The molecular formula is C19H15ClN4O2. The fraction of sp³-hybridized carbons (Fsp3) is 0.105. The fourth-order valence-electron chi connectivity index (χ4n) is 3.12. The van der Waals surface area contributed by atoms with E-state index in [4.69, 9.17) is 11.6 Å². The largest absolute Gasteiger partial charge is 0.350 e. The third-order valence-corrected chi connectivity index (χ3v) is 4.56. The molecule has 0 atom stereocenters. The number of pyridine rings is 1. The maximum atomic E-state index is 12.5. The molecule has 4 rings (SSSR count). The smallest absolute Gasteiger partial charge is 0.268 e. The number of aromatic nitrogens is 2. The second kappa shape index (κ2) is 6.65. The van der Waals surface area contributed by atoms with E-state index >= 15 is 0 Å². The number of hydrogen-bond donors (Lipinski definition) is 3. The lowest BCUT2D eigenvalue weighted by Crippen LogP contribution is -2.22. The lowest BCUT2D eigenvalue weighted by Gasteiger charge is -2.07. The lowest BCUT2D eigenvalue weighted by atomic mass is 9.99. The number of carbonyl (C=O) groups excluding carboxylic acids is 2. The van der Waals surface area contributed by atoms with E-state index in [0.717, 1.165) is 22.0 Å². The van der Waals surface area contributed by atoms with Gasteiger partial charge >= 0.3 is 0 Å². The molecule has 2 aromatic heterocycles. The van der Waals surface area contributed by atoms with Crippen molar-refractivity contribution in [3.8, 4) is 0 Å². The van der Waals surface area contributed by atoms with Gasteiger partial charge in [0.1, 0.15) is 5.69 Å². The maximum Gasteiger partial charge on any atom is 0.268 e. The molecule has 0 saturated carbocycles. The van der Waals surface area contributed by atoms with Crippen molar-refractivity contribution in [2.45, 2.75) is 6.42 Å². The van der Waals surface area contributed by atoms with Crippen LogP contribution in [0.1, 0.15) is 22.5 Å². The predicted octanol–water partition coefficient (Wildman–Crippen LogP) is 3.37. The molecule has 3 heterocycles. The topological polar surface area (TPSA) is 86.9 Å². The Morgan fingerprint density at radius 2 is 2.08 bits per heavy atom. The first-order chi connectivity index (χ1) is 12.6. The van der Waals surface area contributed by atoms with Gasteiger partial charge in [0, 0.05) is 35.3 Å². The number of fused-ring (bicyclic) bond motifs is 3. The van der Waals surface area contributed by atoms with Gasteiger partial charge in [-0.1, -0.05) is 29.8 Å². The molecule has 3 aromatic rings. The highest BCUT2D eigenvalue weighted by Gasteiger charge is 2.24. The number of para-hydroxylation sites is 1. The Labute approximate surface area is 154 Å². The summed E-state index contributed by atoms with van der Waals surface area (Å²) in [6.45, 7) is 0.461. The molecule has 0 unspecified atom stereocenters. The molecule has 1 aromatic carbocycles. The zero-order chi connectivity index (χ0) is 18.1. The van der Waals surface area contributed by atoms with Gasteiger partial charge in [-0.2, -0.15) is 0 Å². The van der Waals surface area contributed by atoms with Gasteiger partial charge < -0.3 is 15.6 Å². The Bertz CT molecular complexity index is 1050. The fourth-order valence-corrected chi connectivity index (χ4v) is 3.29. The predicted molar refractivity (Wildman–Crippen MR) is 101 cm³/mol. The summed E-state index contributed by atoms with van der Waals surface area (Å²) in [7, 11) is 0. The molecule has 130 valence electrons. The Kier molecular flexibility index (Phi) is 4.18. The molecule has 0 aliphatic carbocycles. The minimum atomic E-state index is -0.319. The monoisotopic (exact) mass is 366 g/mol. The van der Waals surface area contributed by atoms with Crippen molar-refractivity contribution in [3.63, 3.8) is 0 Å². The van der Waals surface area contributed by atoms with Gasteiger partial charge in [0.05, 0.1) is 5.69 Å². The number of nitrogens with zero attached hydrogens (tertiary/aromatic N) is 1. The van der Waals surface area contributed by atoms with Crippen molar-refractivity contribution in [2.24, 2.45) is 0 Å². The maximum absolute atomic E-state index is 12.5. The molecule has 0 fully saturated rings. The summed E-state index contributed by atoms with van der Waals surface area (Å²) in [6.07, 6.45) is 3.62. The van der Waals surface area contributed by atoms with Gasteiger partial charge in [0.25, 0.3) is 5.91 Å². The molecule has 3 N–H and O–H groups in total. The molecule has 1 aliphatic heterocycles. The quantitative estimate of drug-likeness (QED) is 0.480. The van der Waals surface area contributed by atoms with Crippen molar-refractivity contribution in [1.29, 1.82) is 0 Å². The number of halogens is 1. The van der Waals surface area contributed by atoms with E-state index in [1.54, 1.807) is 18.3 Å². The van der Waals surface area contributed by atoms with Crippen molar-refractivity contribution in [1.82, 2.24) is 15.3 Å². The average Bonchev–Trinajstić information content (AvgIpc) is 2.95. The number of hydrogen-bond acceptors (Lipinski definition) is 3. The van der Waals surface area contributed by atoms with E-state index in [1.807, 2.05) is 24.3 Å². The van der Waals surface area contributed by atoms with Crippen molar-refractivity contribution in [3.05, 3.63) is 65.1 Å². The molecule has 0 saturated heterocycles. The highest BCUT2D eigenvalue weighted by Crippen LogP contribution is 2.32. The van der Waals surface area contributed by atoms with Crippen LogP contribution < -0.4 is 10.6 Å². The van der Waals surface area contributed by atoms with E-state index in [1.165, 1.54) is 6.08 Å². The summed E-state index contributed by atoms with van der Waals surface area (Å²) >= 11 is 5.99. The van der Waals surface area contributed by atoms with Crippen LogP contribution in [0.3, 0.4) is 0 Å². The SMILES string of the molecule is O=C(/C=C1\CCNC(=O)c2[nH]c3ccccc3c21)Nc1cccnc1Cl. The second-order valence-corrected chi connectivity index (χ2v) is 6.29. The van der Waals surface area contributed by atoms with E-state index in [0.29, 0.717) is 24.3 Å². The standard InChI is InChI=1S/C19H15ClN4O2/c20-18-14(6-3-8-21-18)23-15(25)10-11-7-9-22-19(26)17-16(11)12-4-1-2-5-13(12)24-17/h1-6,8,10,24H,7,9H2,(H,22,26)(H,23,25)/b11-10+. The summed E-state index contributed by atoms with van der Waals surface area (Å²) < 4.78 is 0. The Balaban J connectivity index is 1.76. The molecule has 26 heavy (non-hydrogen) atoms. The molecule has 2 amide bonds. The van der Waals surface area contributed by atoms with Gasteiger partial charge in [-0.15, -0.1) is 0 Å². The highest BCUT2D eigenvalue weighted by atomic mass is 35.5. The van der Waals surface area contributed by atoms with Gasteiger partial charge in [-0.3, -0.25) is 9.59 Å². The molecule has 1 aliphatic rings. The normalized spacial score (nSPS) is 15.4. The number of aromatic amines is 1. The summed E-state index contributed by atoms with van der Waals surface area (Å²) in [5, 5.41) is 6.73. The molecule has 0 bridgehead atoms. The van der Waals surface area contributed by atoms with Crippen LogP contribution in [0.25, 0.3) is 16.5 Å². The van der Waals surface area contributed by atoms with Crippen LogP contribution >= 0.6 is 11.6 Å². The Hall–Kier alpha value is -3.12. The van der Waals surface area contributed by atoms with Gasteiger partial charge in [-0.05, 0) is 30.2 Å². The Morgan fingerprint density at radius 1 is 1.23 bits per heavy atom. The van der Waals surface area contributed by atoms with Crippen LogP contribution in [-0.2, 0) is 4.79 Å². The Morgan fingerprint density at radius 3 is 2.92 bits per heavy atom. The van der Waals surface area contributed by atoms with E-state index in [9.17, 15) is 9.59 Å². The van der Waals surface area contributed by atoms with E-state index < -0.39 is 0 Å². The van der Waals surface area contributed by atoms with Crippen molar-refractivity contribution in [2.75, 3.05) is 11.9 Å². The van der Waals surface area contributed by atoms with Crippen LogP contribution in [-0.4, -0.2) is 28.3 Å². The van der Waals surface area contributed by atoms with E-state index in [-0.39, 0.29) is 17.0 Å². The molecular weight excluding hydrogens is 352 g/mol. The first-order valence-electron chi connectivity index (χ1n) is 8.15. The van der Waals surface area contributed by atoms with Crippen LogP contribution in [0, 0.1) is 0 Å². The number of carbonyl (C=O) groups is 2. The molecule has 6 nitrogen and oxygen atoms in total. The van der Waals surface area contributed by atoms with E-state index in [2.05, 4.69) is 20.6 Å². The zero-order valence-electron chi connectivity index (χ0n) is 13.7. The number of benzene rings is 1. The first kappa shape index (κ1) is 16.4. The molecule has 0 spiro atoms. The van der Waals surface area contributed by atoms with Crippen LogP contribution in [0.5, 0.6) is 0 Å². The van der Waals surface area contributed by atoms with Crippen LogP contribution in [0.2, 0.25) is 5.15 Å². The number of amides is 2. The van der Waals surface area contributed by atoms with Gasteiger partial charge in [0.15, 0.2) is 5.15 Å². The number of nitrogens with one attached hydrogen (secondary N) is 3. The van der Waals surface area contributed by atoms with Crippen molar-refractivity contribution >= 4 is 45.6 Å². The average molecular weight is 367 g/mol. The van der Waals surface area contributed by atoms with Crippen molar-refractivity contribution < 1.29 is 9.59 Å².